The quantitative estimate of drug-likeness (QED) is 0.537. The lowest BCUT2D eigenvalue weighted by atomic mass is 10.2. The number of imidazole rings is 1. The van der Waals surface area contributed by atoms with Gasteiger partial charge >= 0.3 is 5.97 Å². The molecule has 0 bridgehead atoms. The summed E-state index contributed by atoms with van der Waals surface area (Å²) in [5.74, 6) is 0.958. The van der Waals surface area contributed by atoms with Gasteiger partial charge in [-0.05, 0) is 26.3 Å². The highest BCUT2D eigenvalue weighted by Gasteiger charge is 2.01. The van der Waals surface area contributed by atoms with Gasteiger partial charge in [0.2, 0.25) is 0 Å². The molecule has 0 atom stereocenters. The van der Waals surface area contributed by atoms with Crippen LogP contribution in [-0.4, -0.2) is 28.7 Å². The van der Waals surface area contributed by atoms with Crippen molar-refractivity contribution in [2.75, 3.05) is 13.2 Å². The summed E-state index contributed by atoms with van der Waals surface area (Å²) < 4.78 is 6.87. The second-order valence-electron chi connectivity index (χ2n) is 4.25. The maximum atomic E-state index is 11.1. The van der Waals surface area contributed by atoms with E-state index in [9.17, 15) is 4.79 Å². The predicted molar refractivity (Wildman–Crippen MR) is 70.0 cm³/mol. The van der Waals surface area contributed by atoms with Crippen molar-refractivity contribution in [1.29, 1.82) is 0 Å². The molecule has 5 heteroatoms. The zero-order valence-corrected chi connectivity index (χ0v) is 11.3. The molecule has 0 saturated carbocycles. The summed E-state index contributed by atoms with van der Waals surface area (Å²) in [5.41, 5.74) is 0. The van der Waals surface area contributed by atoms with E-state index in [-0.39, 0.29) is 5.97 Å². The van der Waals surface area contributed by atoms with Crippen LogP contribution in [0.2, 0.25) is 0 Å². The molecule has 1 heterocycles. The van der Waals surface area contributed by atoms with Crippen LogP contribution in [0.3, 0.4) is 0 Å². The Balaban J connectivity index is 1.93. The molecule has 102 valence electrons. The molecule has 5 nitrogen and oxygen atoms in total. The lowest BCUT2D eigenvalue weighted by molar-refractivity contribution is -0.143. The summed E-state index contributed by atoms with van der Waals surface area (Å²) in [6, 6.07) is 0. The van der Waals surface area contributed by atoms with Gasteiger partial charge in [-0.25, -0.2) is 4.98 Å². The Hall–Kier alpha value is -1.36. The van der Waals surface area contributed by atoms with Crippen LogP contribution in [0, 0.1) is 0 Å². The molecule has 0 aromatic carbocycles. The Labute approximate surface area is 109 Å². The topological polar surface area (TPSA) is 56.1 Å². The van der Waals surface area contributed by atoms with E-state index in [2.05, 4.69) is 10.3 Å². The van der Waals surface area contributed by atoms with Gasteiger partial charge in [-0.15, -0.1) is 0 Å². The lowest BCUT2D eigenvalue weighted by Gasteiger charge is -2.05. The number of ether oxygens (including phenoxy) is 1. The standard InChI is InChI=1S/C13H23N3O2/c1-3-18-13(17)7-5-4-6-8-14-11-12-15-9-10-16(12)2/h9-10,14H,3-8,11H2,1-2H3. The number of esters is 1. The largest absolute Gasteiger partial charge is 0.466 e. The van der Waals surface area contributed by atoms with Crippen LogP contribution >= 0.6 is 0 Å². The van der Waals surface area contributed by atoms with Crippen molar-refractivity contribution in [2.24, 2.45) is 7.05 Å². The first-order chi connectivity index (χ1) is 8.74. The molecule has 18 heavy (non-hydrogen) atoms. The maximum absolute atomic E-state index is 11.1. The van der Waals surface area contributed by atoms with E-state index in [1.807, 2.05) is 24.7 Å². The minimum Gasteiger partial charge on any atom is -0.466 e. The lowest BCUT2D eigenvalue weighted by Crippen LogP contribution is -2.17. The molecule has 0 fully saturated rings. The van der Waals surface area contributed by atoms with Gasteiger partial charge < -0.3 is 14.6 Å². The molecule has 0 amide bonds. The first-order valence-electron chi connectivity index (χ1n) is 6.56. The molecule has 1 N–H and O–H groups in total. The van der Waals surface area contributed by atoms with E-state index in [1.165, 1.54) is 0 Å². The number of hydrogen-bond acceptors (Lipinski definition) is 4. The fourth-order valence-corrected chi connectivity index (χ4v) is 1.70. The molecule has 0 aliphatic rings. The zero-order valence-electron chi connectivity index (χ0n) is 11.3. The van der Waals surface area contributed by atoms with Crippen molar-refractivity contribution in [3.63, 3.8) is 0 Å². The van der Waals surface area contributed by atoms with E-state index in [4.69, 9.17) is 4.74 Å². The first-order valence-corrected chi connectivity index (χ1v) is 6.56. The Morgan fingerprint density at radius 1 is 1.44 bits per heavy atom. The maximum Gasteiger partial charge on any atom is 0.305 e. The number of aryl methyl sites for hydroxylation is 1. The smallest absolute Gasteiger partial charge is 0.305 e. The van der Waals surface area contributed by atoms with Gasteiger partial charge in [-0.3, -0.25) is 4.79 Å². The third-order valence-electron chi connectivity index (χ3n) is 2.74. The molecule has 0 unspecified atom stereocenters. The van der Waals surface area contributed by atoms with Gasteiger partial charge in [0.05, 0.1) is 13.2 Å². The monoisotopic (exact) mass is 253 g/mol. The molecular weight excluding hydrogens is 230 g/mol. The molecule has 1 rings (SSSR count). The average Bonchev–Trinajstić information content (AvgIpc) is 2.74. The van der Waals surface area contributed by atoms with Gasteiger partial charge in [-0.2, -0.15) is 0 Å². The predicted octanol–water partition coefficient (Wildman–Crippen LogP) is 1.63. The van der Waals surface area contributed by atoms with E-state index < -0.39 is 0 Å². The number of aromatic nitrogens is 2. The minimum absolute atomic E-state index is 0.0848. The number of rotatable bonds is 9. The summed E-state index contributed by atoms with van der Waals surface area (Å²) in [7, 11) is 1.99. The SMILES string of the molecule is CCOC(=O)CCCCCNCc1nccn1C. The second-order valence-corrected chi connectivity index (χ2v) is 4.25. The van der Waals surface area contributed by atoms with E-state index in [1.54, 1.807) is 6.20 Å². The second kappa shape index (κ2) is 8.69. The summed E-state index contributed by atoms with van der Waals surface area (Å²) in [6.07, 6.45) is 7.30. The van der Waals surface area contributed by atoms with Crippen LogP contribution in [0.1, 0.15) is 38.4 Å². The number of carbonyl (C=O) groups is 1. The van der Waals surface area contributed by atoms with Crippen molar-refractivity contribution in [3.05, 3.63) is 18.2 Å². The fraction of sp³-hybridized carbons (Fsp3) is 0.692. The van der Waals surface area contributed by atoms with Crippen LogP contribution in [0.25, 0.3) is 0 Å². The van der Waals surface area contributed by atoms with Crippen LogP contribution in [0.4, 0.5) is 0 Å². The van der Waals surface area contributed by atoms with Gasteiger partial charge in [-0.1, -0.05) is 6.42 Å². The highest BCUT2D eigenvalue weighted by molar-refractivity contribution is 5.69. The number of nitrogens with one attached hydrogen (secondary N) is 1. The Kier molecular flexibility index (Phi) is 7.10. The Morgan fingerprint density at radius 3 is 2.94 bits per heavy atom. The van der Waals surface area contributed by atoms with Crippen LogP contribution in [0.5, 0.6) is 0 Å². The van der Waals surface area contributed by atoms with Crippen molar-refractivity contribution in [3.8, 4) is 0 Å². The Morgan fingerprint density at radius 2 is 2.28 bits per heavy atom. The molecule has 0 saturated heterocycles. The van der Waals surface area contributed by atoms with Gasteiger partial charge in [0.1, 0.15) is 5.82 Å². The number of nitrogens with zero attached hydrogens (tertiary/aromatic N) is 2. The molecule has 0 aliphatic heterocycles. The molecular formula is C13H23N3O2. The van der Waals surface area contributed by atoms with Gasteiger partial charge in [0.25, 0.3) is 0 Å². The number of hydrogen-bond donors (Lipinski definition) is 1. The van der Waals surface area contributed by atoms with Crippen molar-refractivity contribution in [1.82, 2.24) is 14.9 Å². The number of carbonyl (C=O) groups excluding carboxylic acids is 1. The van der Waals surface area contributed by atoms with Gasteiger partial charge in [0, 0.05) is 25.9 Å². The van der Waals surface area contributed by atoms with E-state index in [0.29, 0.717) is 13.0 Å². The Bertz CT molecular complexity index is 350. The van der Waals surface area contributed by atoms with E-state index in [0.717, 1.165) is 38.2 Å². The third kappa shape index (κ3) is 5.82. The van der Waals surface area contributed by atoms with Gasteiger partial charge in [0.15, 0.2) is 0 Å². The highest BCUT2D eigenvalue weighted by atomic mass is 16.5. The van der Waals surface area contributed by atoms with Crippen LogP contribution < -0.4 is 5.32 Å². The molecule has 1 aromatic rings. The first kappa shape index (κ1) is 14.7. The van der Waals surface area contributed by atoms with E-state index >= 15 is 0 Å². The third-order valence-corrected chi connectivity index (χ3v) is 2.74. The normalized spacial score (nSPS) is 10.6. The van der Waals surface area contributed by atoms with Crippen molar-refractivity contribution >= 4 is 5.97 Å². The van der Waals surface area contributed by atoms with Crippen molar-refractivity contribution in [2.45, 2.75) is 39.2 Å². The van der Waals surface area contributed by atoms with Crippen LogP contribution in [-0.2, 0) is 23.1 Å². The minimum atomic E-state index is -0.0848. The average molecular weight is 253 g/mol. The highest BCUT2D eigenvalue weighted by Crippen LogP contribution is 2.01. The molecule has 0 aliphatic carbocycles. The molecule has 0 spiro atoms. The summed E-state index contributed by atoms with van der Waals surface area (Å²) in [6.45, 7) is 4.06. The fourth-order valence-electron chi connectivity index (χ4n) is 1.70. The molecule has 1 aromatic heterocycles. The summed E-state index contributed by atoms with van der Waals surface area (Å²) >= 11 is 0. The molecule has 0 radical (unpaired) electrons. The van der Waals surface area contributed by atoms with Crippen molar-refractivity contribution < 1.29 is 9.53 Å². The zero-order chi connectivity index (χ0) is 13.2. The number of unbranched alkanes of at least 4 members (excludes halogenated alkanes) is 2. The summed E-state index contributed by atoms with van der Waals surface area (Å²) in [4.78, 5) is 15.3. The van der Waals surface area contributed by atoms with Crippen LogP contribution in [0.15, 0.2) is 12.4 Å². The summed E-state index contributed by atoms with van der Waals surface area (Å²) in [5, 5.41) is 3.34.